The van der Waals surface area contributed by atoms with Crippen molar-refractivity contribution in [2.45, 2.75) is 13.3 Å². The number of aryl methyl sites for hydroxylation is 1. The molecule has 1 aromatic rings. The molecule has 1 aromatic carbocycles. The van der Waals surface area contributed by atoms with Crippen molar-refractivity contribution in [1.82, 2.24) is 0 Å². The summed E-state index contributed by atoms with van der Waals surface area (Å²) in [6.45, 7) is 4.58. The quantitative estimate of drug-likeness (QED) is 0.770. The maximum Gasteiger partial charge on any atom is 0.264 e. The molecule has 1 heterocycles. The Kier molecular flexibility index (Phi) is 3.39. The summed E-state index contributed by atoms with van der Waals surface area (Å²) in [5.74, 6) is 0. The van der Waals surface area contributed by atoms with Gasteiger partial charge in [-0.3, -0.25) is 0 Å². The highest BCUT2D eigenvalue weighted by Crippen LogP contribution is 2.27. The standard InChI is InChI=1S/C12H15F2NO/c1-9-2-3-10(8-11(9)12(13)14)15-4-6-16-7-5-15/h2-3,8,12H,4-7H2,1H3. The number of morpholine rings is 1. The molecule has 1 aliphatic heterocycles. The minimum atomic E-state index is -2.40. The molecular weight excluding hydrogens is 212 g/mol. The summed E-state index contributed by atoms with van der Waals surface area (Å²) in [7, 11) is 0. The van der Waals surface area contributed by atoms with Crippen LogP contribution in [0.25, 0.3) is 0 Å². The Bertz CT molecular complexity index is 362. The third-order valence-electron chi connectivity index (χ3n) is 2.87. The Morgan fingerprint density at radius 3 is 2.56 bits per heavy atom. The number of anilines is 1. The zero-order valence-electron chi connectivity index (χ0n) is 9.25. The van der Waals surface area contributed by atoms with Gasteiger partial charge < -0.3 is 9.64 Å². The maximum atomic E-state index is 12.7. The number of hydrogen-bond acceptors (Lipinski definition) is 2. The van der Waals surface area contributed by atoms with Gasteiger partial charge in [0.25, 0.3) is 6.43 Å². The molecule has 1 fully saturated rings. The monoisotopic (exact) mass is 227 g/mol. The summed E-state index contributed by atoms with van der Waals surface area (Å²) in [4.78, 5) is 2.08. The van der Waals surface area contributed by atoms with Crippen LogP contribution >= 0.6 is 0 Å². The van der Waals surface area contributed by atoms with Crippen molar-refractivity contribution in [2.75, 3.05) is 31.2 Å². The van der Waals surface area contributed by atoms with Gasteiger partial charge in [0.05, 0.1) is 13.2 Å². The van der Waals surface area contributed by atoms with Crippen LogP contribution in [0.5, 0.6) is 0 Å². The van der Waals surface area contributed by atoms with Gasteiger partial charge in [-0.1, -0.05) is 6.07 Å². The number of alkyl halides is 2. The van der Waals surface area contributed by atoms with E-state index in [1.54, 1.807) is 19.1 Å². The van der Waals surface area contributed by atoms with E-state index in [1.807, 2.05) is 6.07 Å². The van der Waals surface area contributed by atoms with Gasteiger partial charge in [0, 0.05) is 24.3 Å². The predicted molar refractivity (Wildman–Crippen MR) is 59.2 cm³/mol. The molecule has 4 heteroatoms. The van der Waals surface area contributed by atoms with Gasteiger partial charge >= 0.3 is 0 Å². The predicted octanol–water partition coefficient (Wildman–Crippen LogP) is 2.77. The van der Waals surface area contributed by atoms with Gasteiger partial charge in [0.15, 0.2) is 0 Å². The summed E-state index contributed by atoms with van der Waals surface area (Å²) >= 11 is 0. The molecule has 0 aliphatic carbocycles. The minimum absolute atomic E-state index is 0.129. The molecule has 0 spiro atoms. The molecule has 16 heavy (non-hydrogen) atoms. The van der Waals surface area contributed by atoms with Gasteiger partial charge in [-0.15, -0.1) is 0 Å². The van der Waals surface area contributed by atoms with Crippen molar-refractivity contribution >= 4 is 5.69 Å². The van der Waals surface area contributed by atoms with E-state index in [2.05, 4.69) is 4.90 Å². The number of ether oxygens (including phenoxy) is 1. The molecule has 0 N–H and O–H groups in total. The lowest BCUT2D eigenvalue weighted by molar-refractivity contribution is 0.122. The second-order valence-electron chi connectivity index (χ2n) is 3.94. The van der Waals surface area contributed by atoms with E-state index >= 15 is 0 Å². The Morgan fingerprint density at radius 1 is 1.25 bits per heavy atom. The maximum absolute atomic E-state index is 12.7. The molecule has 1 aliphatic rings. The molecule has 0 bridgehead atoms. The van der Waals surface area contributed by atoms with Gasteiger partial charge in [-0.2, -0.15) is 0 Å². The van der Waals surface area contributed by atoms with Gasteiger partial charge in [0.1, 0.15) is 0 Å². The van der Waals surface area contributed by atoms with Crippen LogP contribution in [-0.2, 0) is 4.74 Å². The first kappa shape index (κ1) is 11.3. The highest BCUT2D eigenvalue weighted by molar-refractivity contribution is 5.51. The van der Waals surface area contributed by atoms with Crippen molar-refractivity contribution in [1.29, 1.82) is 0 Å². The van der Waals surface area contributed by atoms with E-state index in [4.69, 9.17) is 4.74 Å². The third kappa shape index (κ3) is 2.32. The van der Waals surface area contributed by atoms with Crippen LogP contribution in [0.15, 0.2) is 18.2 Å². The van der Waals surface area contributed by atoms with Crippen LogP contribution in [0.1, 0.15) is 17.6 Å². The number of nitrogens with zero attached hydrogens (tertiary/aromatic N) is 1. The first-order valence-electron chi connectivity index (χ1n) is 5.40. The molecule has 0 amide bonds. The lowest BCUT2D eigenvalue weighted by Gasteiger charge is -2.29. The lowest BCUT2D eigenvalue weighted by Crippen LogP contribution is -2.36. The summed E-state index contributed by atoms with van der Waals surface area (Å²) in [5.41, 5.74) is 1.64. The first-order chi connectivity index (χ1) is 7.68. The van der Waals surface area contributed by atoms with Crippen molar-refractivity contribution in [3.63, 3.8) is 0 Å². The van der Waals surface area contributed by atoms with Crippen LogP contribution in [0.4, 0.5) is 14.5 Å². The second kappa shape index (κ2) is 4.78. The highest BCUT2D eigenvalue weighted by Gasteiger charge is 2.15. The van der Waals surface area contributed by atoms with Crippen LogP contribution < -0.4 is 4.90 Å². The van der Waals surface area contributed by atoms with E-state index in [0.717, 1.165) is 18.8 Å². The zero-order valence-corrected chi connectivity index (χ0v) is 9.25. The number of halogens is 2. The normalized spacial score (nSPS) is 16.9. The fraction of sp³-hybridized carbons (Fsp3) is 0.500. The molecule has 2 nitrogen and oxygen atoms in total. The fourth-order valence-electron chi connectivity index (χ4n) is 1.88. The average molecular weight is 227 g/mol. The molecule has 0 radical (unpaired) electrons. The summed E-state index contributed by atoms with van der Waals surface area (Å²) in [6, 6.07) is 5.24. The number of rotatable bonds is 2. The van der Waals surface area contributed by atoms with E-state index in [9.17, 15) is 8.78 Å². The van der Waals surface area contributed by atoms with Crippen LogP contribution in [0, 0.1) is 6.92 Å². The Hall–Kier alpha value is -1.16. The van der Waals surface area contributed by atoms with E-state index in [0.29, 0.717) is 18.8 Å². The highest BCUT2D eigenvalue weighted by atomic mass is 19.3. The molecule has 2 rings (SSSR count). The van der Waals surface area contributed by atoms with Gasteiger partial charge in [-0.25, -0.2) is 8.78 Å². The average Bonchev–Trinajstić information content (AvgIpc) is 2.30. The van der Waals surface area contributed by atoms with Crippen molar-refractivity contribution in [2.24, 2.45) is 0 Å². The molecule has 0 unspecified atom stereocenters. The zero-order chi connectivity index (χ0) is 11.5. The van der Waals surface area contributed by atoms with Crippen molar-refractivity contribution in [3.05, 3.63) is 29.3 Å². The van der Waals surface area contributed by atoms with Crippen LogP contribution in [0.3, 0.4) is 0 Å². The Balaban J connectivity index is 2.24. The van der Waals surface area contributed by atoms with Gasteiger partial charge in [0.2, 0.25) is 0 Å². The van der Waals surface area contributed by atoms with Gasteiger partial charge in [-0.05, 0) is 24.6 Å². The number of hydrogen-bond donors (Lipinski definition) is 0. The fourth-order valence-corrected chi connectivity index (χ4v) is 1.88. The van der Waals surface area contributed by atoms with Crippen LogP contribution in [-0.4, -0.2) is 26.3 Å². The van der Waals surface area contributed by atoms with E-state index in [-0.39, 0.29) is 5.56 Å². The van der Waals surface area contributed by atoms with E-state index < -0.39 is 6.43 Å². The molecule has 0 saturated carbocycles. The smallest absolute Gasteiger partial charge is 0.264 e. The molecular formula is C12H15F2NO. The molecule has 0 aromatic heterocycles. The van der Waals surface area contributed by atoms with Crippen molar-refractivity contribution < 1.29 is 13.5 Å². The molecule has 88 valence electrons. The lowest BCUT2D eigenvalue weighted by atomic mass is 10.1. The third-order valence-corrected chi connectivity index (χ3v) is 2.87. The molecule has 0 atom stereocenters. The largest absolute Gasteiger partial charge is 0.378 e. The Labute approximate surface area is 93.8 Å². The summed E-state index contributed by atoms with van der Waals surface area (Å²) < 4.78 is 30.7. The SMILES string of the molecule is Cc1ccc(N2CCOCC2)cc1C(F)F. The number of benzene rings is 1. The molecule has 1 saturated heterocycles. The van der Waals surface area contributed by atoms with Crippen molar-refractivity contribution in [3.8, 4) is 0 Å². The van der Waals surface area contributed by atoms with E-state index in [1.165, 1.54) is 0 Å². The second-order valence-corrected chi connectivity index (χ2v) is 3.94. The first-order valence-corrected chi connectivity index (χ1v) is 5.40. The van der Waals surface area contributed by atoms with Crippen LogP contribution in [0.2, 0.25) is 0 Å². The Morgan fingerprint density at radius 2 is 1.94 bits per heavy atom. The topological polar surface area (TPSA) is 12.5 Å². The summed E-state index contributed by atoms with van der Waals surface area (Å²) in [6.07, 6.45) is -2.40. The summed E-state index contributed by atoms with van der Waals surface area (Å²) in [5, 5.41) is 0. The minimum Gasteiger partial charge on any atom is -0.378 e.